The number of ether oxygens (including phenoxy) is 1. The molecular formula is C28H30F3N6O6-. The van der Waals surface area contributed by atoms with Crippen molar-refractivity contribution in [3.8, 4) is 5.88 Å². The molecule has 1 aromatic heterocycles. The molecule has 2 aliphatic rings. The summed E-state index contributed by atoms with van der Waals surface area (Å²) in [5, 5.41) is 21.1. The number of halogens is 3. The van der Waals surface area contributed by atoms with Crippen LogP contribution in [0.5, 0.6) is 5.88 Å². The van der Waals surface area contributed by atoms with Crippen LogP contribution in [-0.4, -0.2) is 82.7 Å². The number of fused-ring (bicyclic) bond motifs is 1. The average Bonchev–Trinajstić information content (AvgIpc) is 3.18. The van der Waals surface area contributed by atoms with E-state index in [1.807, 2.05) is 35.6 Å². The molecule has 1 saturated heterocycles. The predicted molar refractivity (Wildman–Crippen MR) is 143 cm³/mol. The summed E-state index contributed by atoms with van der Waals surface area (Å²) in [5.74, 6) is -2.38. The number of carboxylic acid groups (broad SMARTS) is 1. The van der Waals surface area contributed by atoms with Crippen LogP contribution in [0.4, 0.5) is 18.0 Å². The summed E-state index contributed by atoms with van der Waals surface area (Å²) in [6, 6.07) is 10.7. The topological polar surface area (TPSA) is 156 Å². The van der Waals surface area contributed by atoms with E-state index in [9.17, 15) is 37.5 Å². The normalized spacial score (nSPS) is 19.3. The number of nitrogens with one attached hydrogen (secondary N) is 2. The van der Waals surface area contributed by atoms with Gasteiger partial charge in [-0.15, -0.1) is 0 Å². The van der Waals surface area contributed by atoms with Crippen molar-refractivity contribution in [1.29, 1.82) is 0 Å². The van der Waals surface area contributed by atoms with Crippen molar-refractivity contribution in [2.45, 2.75) is 44.4 Å². The molecule has 2 aliphatic heterocycles. The van der Waals surface area contributed by atoms with Crippen LogP contribution in [0.1, 0.15) is 31.5 Å². The van der Waals surface area contributed by atoms with Crippen LogP contribution in [0, 0.1) is 5.41 Å². The Labute approximate surface area is 244 Å². The van der Waals surface area contributed by atoms with Crippen LogP contribution in [0.3, 0.4) is 0 Å². The standard InChI is InChI=1S/C28H31F3N6O6/c1-26(2,34-25(41)42)23(39)32-18(15-43-21-11-7-10-20(33-21)28(29,30)31)22(38)37-13-12-19-27(16-37,24(40)36(3)35-19)14-17-8-5-4-6-9-17/h4-11,18,34H,12-16H2,1-3H3,(H,32,39)(H,41,42)/p-1/t18-,27-/m1/s1. The molecule has 4 amide bonds. The second-order valence-corrected chi connectivity index (χ2v) is 10.9. The number of benzene rings is 1. The van der Waals surface area contributed by atoms with Gasteiger partial charge in [-0.05, 0) is 31.9 Å². The number of aromatic nitrogens is 1. The van der Waals surface area contributed by atoms with Crippen molar-refractivity contribution in [3.05, 3.63) is 59.8 Å². The number of alkyl halides is 3. The van der Waals surface area contributed by atoms with E-state index in [0.29, 0.717) is 5.71 Å². The fourth-order valence-electron chi connectivity index (χ4n) is 5.08. The lowest BCUT2D eigenvalue weighted by molar-refractivity contribution is -0.252. The Kier molecular flexibility index (Phi) is 8.64. The molecule has 0 spiro atoms. The molecule has 15 heteroatoms. The first kappa shape index (κ1) is 31.3. The van der Waals surface area contributed by atoms with Crippen molar-refractivity contribution in [1.82, 2.24) is 25.5 Å². The lowest BCUT2D eigenvalue weighted by Gasteiger charge is -2.41. The van der Waals surface area contributed by atoms with Crippen LogP contribution in [-0.2, 0) is 27.0 Å². The second kappa shape index (κ2) is 11.9. The van der Waals surface area contributed by atoms with Gasteiger partial charge in [-0.2, -0.15) is 18.3 Å². The van der Waals surface area contributed by atoms with Crippen molar-refractivity contribution >= 4 is 29.5 Å². The number of likely N-dealkylation sites (tertiary alicyclic amines) is 1. The molecule has 0 unspecified atom stereocenters. The monoisotopic (exact) mass is 603 g/mol. The third-order valence-electron chi connectivity index (χ3n) is 7.26. The molecule has 2 N–H and O–H groups in total. The summed E-state index contributed by atoms with van der Waals surface area (Å²) in [7, 11) is 1.53. The molecule has 3 heterocycles. The molecule has 12 nitrogen and oxygen atoms in total. The number of amides is 4. The first-order valence-electron chi connectivity index (χ1n) is 13.3. The van der Waals surface area contributed by atoms with Gasteiger partial charge in [0.15, 0.2) is 0 Å². The van der Waals surface area contributed by atoms with Gasteiger partial charge in [-0.25, -0.2) is 9.99 Å². The van der Waals surface area contributed by atoms with Crippen LogP contribution in [0.2, 0.25) is 0 Å². The minimum absolute atomic E-state index is 0.0857. The largest absolute Gasteiger partial charge is 0.530 e. The Balaban J connectivity index is 1.61. The third kappa shape index (κ3) is 6.87. The Morgan fingerprint density at radius 3 is 2.47 bits per heavy atom. The van der Waals surface area contributed by atoms with Crippen molar-refractivity contribution < 1.29 is 42.2 Å². The van der Waals surface area contributed by atoms with E-state index in [-0.39, 0.29) is 31.8 Å². The number of rotatable bonds is 9. The molecule has 0 bridgehead atoms. The van der Waals surface area contributed by atoms with Crippen molar-refractivity contribution in [2.24, 2.45) is 10.5 Å². The Bertz CT molecular complexity index is 1430. The van der Waals surface area contributed by atoms with Gasteiger partial charge in [0.05, 0.1) is 5.71 Å². The fraction of sp³-hybridized carbons (Fsp3) is 0.429. The van der Waals surface area contributed by atoms with Gasteiger partial charge in [0.2, 0.25) is 17.7 Å². The van der Waals surface area contributed by atoms with E-state index in [2.05, 4.69) is 15.4 Å². The van der Waals surface area contributed by atoms with E-state index in [4.69, 9.17) is 4.74 Å². The molecule has 2 aromatic rings. The van der Waals surface area contributed by atoms with Crippen LogP contribution in [0.25, 0.3) is 0 Å². The maximum Gasteiger partial charge on any atom is 0.433 e. The lowest BCUT2D eigenvalue weighted by atomic mass is 9.73. The summed E-state index contributed by atoms with van der Waals surface area (Å²) in [4.78, 5) is 56.3. The molecule has 1 fully saturated rings. The van der Waals surface area contributed by atoms with Gasteiger partial charge in [0, 0.05) is 32.6 Å². The summed E-state index contributed by atoms with van der Waals surface area (Å²) in [6.07, 6.45) is -5.97. The molecule has 230 valence electrons. The van der Waals surface area contributed by atoms with E-state index in [1.165, 1.54) is 30.8 Å². The first-order valence-corrected chi connectivity index (χ1v) is 13.3. The molecule has 1 aromatic carbocycles. The number of hydrazone groups is 1. The highest BCUT2D eigenvalue weighted by Gasteiger charge is 2.54. The third-order valence-corrected chi connectivity index (χ3v) is 7.26. The van der Waals surface area contributed by atoms with Crippen molar-refractivity contribution in [2.75, 3.05) is 26.7 Å². The highest BCUT2D eigenvalue weighted by molar-refractivity contribution is 6.13. The molecule has 0 radical (unpaired) electrons. The van der Waals surface area contributed by atoms with E-state index >= 15 is 0 Å². The Morgan fingerprint density at radius 2 is 1.81 bits per heavy atom. The quantitative estimate of drug-likeness (QED) is 0.433. The van der Waals surface area contributed by atoms with Crippen molar-refractivity contribution in [3.63, 3.8) is 0 Å². The highest BCUT2D eigenvalue weighted by Crippen LogP contribution is 2.38. The van der Waals surface area contributed by atoms with Gasteiger partial charge >= 0.3 is 6.18 Å². The SMILES string of the molecule is CN1N=C2CCN(C(=O)[C@@H](COc3cccc(C(F)(F)F)n3)NC(=O)C(C)(C)NC(=O)[O-])C[C@@]2(Cc2ccccc2)C1=O. The number of piperidine rings is 1. The van der Waals surface area contributed by atoms with E-state index in [1.54, 1.807) is 0 Å². The summed E-state index contributed by atoms with van der Waals surface area (Å²) < 4.78 is 44.9. The van der Waals surface area contributed by atoms with Crippen LogP contribution >= 0.6 is 0 Å². The summed E-state index contributed by atoms with van der Waals surface area (Å²) >= 11 is 0. The number of carbonyl (C=O) groups excluding carboxylic acids is 4. The molecule has 43 heavy (non-hydrogen) atoms. The Morgan fingerprint density at radius 1 is 1.12 bits per heavy atom. The number of pyridine rings is 1. The van der Waals surface area contributed by atoms with E-state index < -0.39 is 59.3 Å². The zero-order valence-electron chi connectivity index (χ0n) is 23.6. The average molecular weight is 604 g/mol. The minimum Gasteiger partial charge on any atom is -0.530 e. The van der Waals surface area contributed by atoms with Gasteiger partial charge in [0.25, 0.3) is 5.91 Å². The van der Waals surface area contributed by atoms with Gasteiger partial charge < -0.3 is 30.2 Å². The number of carbonyl (C=O) groups is 4. The highest BCUT2D eigenvalue weighted by atomic mass is 19.4. The summed E-state index contributed by atoms with van der Waals surface area (Å²) in [6.45, 7) is 1.87. The number of nitrogens with zero attached hydrogens (tertiary/aromatic N) is 4. The van der Waals surface area contributed by atoms with Crippen LogP contribution < -0.4 is 20.5 Å². The zero-order valence-corrected chi connectivity index (χ0v) is 23.6. The Hall–Kier alpha value is -4.69. The minimum atomic E-state index is -4.75. The molecule has 4 rings (SSSR count). The molecule has 0 aliphatic carbocycles. The number of hydrogen-bond acceptors (Lipinski definition) is 8. The van der Waals surface area contributed by atoms with Gasteiger partial charge in [-0.3, -0.25) is 14.4 Å². The van der Waals surface area contributed by atoms with Crippen LogP contribution in [0.15, 0.2) is 53.6 Å². The maximum atomic E-state index is 13.9. The zero-order chi connectivity index (χ0) is 31.6. The van der Waals surface area contributed by atoms with Gasteiger partial charge in [0.1, 0.15) is 35.4 Å². The first-order chi connectivity index (χ1) is 20.1. The second-order valence-electron chi connectivity index (χ2n) is 10.9. The summed E-state index contributed by atoms with van der Waals surface area (Å²) in [5.41, 5.74) is -2.68. The fourth-order valence-corrected chi connectivity index (χ4v) is 5.08. The smallest absolute Gasteiger partial charge is 0.433 e. The van der Waals surface area contributed by atoms with E-state index in [0.717, 1.165) is 23.8 Å². The van der Waals surface area contributed by atoms with Gasteiger partial charge in [-0.1, -0.05) is 36.4 Å². The lowest BCUT2D eigenvalue weighted by Crippen LogP contribution is -2.63. The molecule has 0 saturated carbocycles. The number of hydrogen-bond donors (Lipinski definition) is 2. The molecular weight excluding hydrogens is 573 g/mol. The molecule has 2 atom stereocenters. The predicted octanol–water partition coefficient (Wildman–Crippen LogP) is 0.965. The maximum absolute atomic E-state index is 13.9.